The molecule has 1 aromatic heterocycles. The standard InChI is InChI=1S/C17H13ClFN5O2/c18-12-3-7-14(8-4-12)21-15(25)9-24-10-20-17(23-24)22-16(26)11-1-5-13(19)6-2-11/h1-8,10H,9H2,(H,21,25)(H,22,23,26). The Morgan fingerprint density at radius 2 is 1.73 bits per heavy atom. The molecule has 3 rings (SSSR count). The number of rotatable bonds is 5. The molecule has 9 heteroatoms. The summed E-state index contributed by atoms with van der Waals surface area (Å²) in [6.45, 7) is -0.0813. The van der Waals surface area contributed by atoms with Crippen LogP contribution in [0.4, 0.5) is 16.0 Å². The fourth-order valence-corrected chi connectivity index (χ4v) is 2.21. The fraction of sp³-hybridized carbons (Fsp3) is 0.0588. The van der Waals surface area contributed by atoms with Crippen molar-refractivity contribution in [3.63, 3.8) is 0 Å². The van der Waals surface area contributed by atoms with Gasteiger partial charge in [0, 0.05) is 16.3 Å². The van der Waals surface area contributed by atoms with E-state index in [0.29, 0.717) is 10.7 Å². The first kappa shape index (κ1) is 17.6. The monoisotopic (exact) mass is 373 g/mol. The molecule has 1 heterocycles. The van der Waals surface area contributed by atoms with Crippen molar-refractivity contribution in [3.8, 4) is 0 Å². The first-order valence-corrected chi connectivity index (χ1v) is 7.89. The summed E-state index contributed by atoms with van der Waals surface area (Å²) in [6, 6.07) is 11.7. The zero-order valence-electron chi connectivity index (χ0n) is 13.3. The maximum Gasteiger partial charge on any atom is 0.258 e. The van der Waals surface area contributed by atoms with Gasteiger partial charge >= 0.3 is 0 Å². The van der Waals surface area contributed by atoms with E-state index in [-0.39, 0.29) is 24.0 Å². The number of benzene rings is 2. The number of aromatic nitrogens is 3. The second-order valence-corrected chi connectivity index (χ2v) is 5.72. The highest BCUT2D eigenvalue weighted by molar-refractivity contribution is 6.30. The Morgan fingerprint density at radius 3 is 2.42 bits per heavy atom. The van der Waals surface area contributed by atoms with Gasteiger partial charge in [-0.05, 0) is 48.5 Å². The lowest BCUT2D eigenvalue weighted by Gasteiger charge is -2.05. The van der Waals surface area contributed by atoms with Crippen LogP contribution in [0.1, 0.15) is 10.4 Å². The average Bonchev–Trinajstić information content (AvgIpc) is 3.04. The van der Waals surface area contributed by atoms with Crippen LogP contribution in [-0.2, 0) is 11.3 Å². The molecule has 0 bridgehead atoms. The molecule has 3 aromatic rings. The van der Waals surface area contributed by atoms with E-state index in [4.69, 9.17) is 11.6 Å². The summed E-state index contributed by atoms with van der Waals surface area (Å²) in [5, 5.41) is 9.74. The molecule has 0 fully saturated rings. The SMILES string of the molecule is O=C(Cn1cnc(NC(=O)c2ccc(F)cc2)n1)Nc1ccc(Cl)cc1. The number of amides is 2. The molecule has 0 spiro atoms. The Kier molecular flexibility index (Phi) is 5.23. The minimum Gasteiger partial charge on any atom is -0.324 e. The van der Waals surface area contributed by atoms with Crippen LogP contribution in [-0.4, -0.2) is 26.6 Å². The third kappa shape index (κ3) is 4.64. The van der Waals surface area contributed by atoms with E-state index in [1.165, 1.54) is 35.3 Å². The van der Waals surface area contributed by atoms with Crippen molar-refractivity contribution in [1.82, 2.24) is 14.8 Å². The summed E-state index contributed by atoms with van der Waals surface area (Å²) in [7, 11) is 0. The smallest absolute Gasteiger partial charge is 0.258 e. The molecule has 132 valence electrons. The number of hydrogen-bond acceptors (Lipinski definition) is 4. The summed E-state index contributed by atoms with van der Waals surface area (Å²) < 4.78 is 14.2. The fourth-order valence-electron chi connectivity index (χ4n) is 2.08. The van der Waals surface area contributed by atoms with Crippen molar-refractivity contribution >= 4 is 35.1 Å². The van der Waals surface area contributed by atoms with Crippen molar-refractivity contribution in [1.29, 1.82) is 0 Å². The zero-order chi connectivity index (χ0) is 18.5. The summed E-state index contributed by atoms with van der Waals surface area (Å²) in [6.07, 6.45) is 1.32. The topological polar surface area (TPSA) is 88.9 Å². The minimum atomic E-state index is -0.478. The summed E-state index contributed by atoms with van der Waals surface area (Å²) in [5.74, 6) is -1.18. The third-order valence-electron chi connectivity index (χ3n) is 3.30. The first-order chi connectivity index (χ1) is 12.5. The molecule has 0 aliphatic heterocycles. The Balaban J connectivity index is 1.57. The number of carbonyl (C=O) groups is 2. The lowest BCUT2D eigenvalue weighted by Crippen LogP contribution is -2.19. The lowest BCUT2D eigenvalue weighted by molar-refractivity contribution is -0.116. The van der Waals surface area contributed by atoms with Crippen LogP contribution in [0.3, 0.4) is 0 Å². The van der Waals surface area contributed by atoms with Gasteiger partial charge in [-0.2, -0.15) is 0 Å². The van der Waals surface area contributed by atoms with Crippen LogP contribution in [0.25, 0.3) is 0 Å². The highest BCUT2D eigenvalue weighted by Crippen LogP contribution is 2.13. The molecule has 2 N–H and O–H groups in total. The van der Waals surface area contributed by atoms with Crippen LogP contribution in [0.15, 0.2) is 54.9 Å². The van der Waals surface area contributed by atoms with Gasteiger partial charge < -0.3 is 5.32 Å². The highest BCUT2D eigenvalue weighted by atomic mass is 35.5. The Labute approximate surface area is 152 Å². The van der Waals surface area contributed by atoms with Gasteiger partial charge in [0.2, 0.25) is 11.9 Å². The Hall–Kier alpha value is -3.26. The van der Waals surface area contributed by atoms with Crippen molar-refractivity contribution in [2.24, 2.45) is 0 Å². The van der Waals surface area contributed by atoms with E-state index in [2.05, 4.69) is 20.7 Å². The zero-order valence-corrected chi connectivity index (χ0v) is 14.1. The van der Waals surface area contributed by atoms with Crippen LogP contribution >= 0.6 is 11.6 Å². The number of nitrogens with zero attached hydrogens (tertiary/aromatic N) is 3. The molecular formula is C17H13ClFN5O2. The second kappa shape index (κ2) is 7.75. The van der Waals surface area contributed by atoms with Crippen molar-refractivity contribution in [2.75, 3.05) is 10.6 Å². The summed E-state index contributed by atoms with van der Waals surface area (Å²) in [5.41, 5.74) is 0.868. The van der Waals surface area contributed by atoms with E-state index in [1.807, 2.05) is 0 Å². The van der Waals surface area contributed by atoms with Crippen molar-refractivity contribution in [2.45, 2.75) is 6.54 Å². The van der Waals surface area contributed by atoms with E-state index in [1.54, 1.807) is 24.3 Å². The van der Waals surface area contributed by atoms with E-state index in [9.17, 15) is 14.0 Å². The lowest BCUT2D eigenvalue weighted by atomic mass is 10.2. The largest absolute Gasteiger partial charge is 0.324 e. The van der Waals surface area contributed by atoms with Gasteiger partial charge in [0.05, 0.1) is 0 Å². The van der Waals surface area contributed by atoms with Gasteiger partial charge in [0.25, 0.3) is 5.91 Å². The van der Waals surface area contributed by atoms with Gasteiger partial charge in [-0.25, -0.2) is 14.1 Å². The van der Waals surface area contributed by atoms with E-state index < -0.39 is 11.7 Å². The predicted molar refractivity (Wildman–Crippen MR) is 94.5 cm³/mol. The molecule has 2 aromatic carbocycles. The summed E-state index contributed by atoms with van der Waals surface area (Å²) in [4.78, 5) is 27.9. The van der Waals surface area contributed by atoms with Gasteiger partial charge in [0.1, 0.15) is 18.7 Å². The molecule has 26 heavy (non-hydrogen) atoms. The van der Waals surface area contributed by atoms with Crippen molar-refractivity contribution in [3.05, 3.63) is 71.3 Å². The van der Waals surface area contributed by atoms with E-state index >= 15 is 0 Å². The Morgan fingerprint density at radius 1 is 1.04 bits per heavy atom. The molecule has 2 amide bonds. The van der Waals surface area contributed by atoms with E-state index in [0.717, 1.165) is 0 Å². The normalized spacial score (nSPS) is 10.4. The molecule has 0 unspecified atom stereocenters. The van der Waals surface area contributed by atoms with Crippen LogP contribution in [0.2, 0.25) is 5.02 Å². The maximum absolute atomic E-state index is 12.9. The quantitative estimate of drug-likeness (QED) is 0.719. The Bertz CT molecular complexity index is 925. The number of hydrogen-bond donors (Lipinski definition) is 2. The van der Waals surface area contributed by atoms with Gasteiger partial charge in [-0.1, -0.05) is 11.6 Å². The number of anilines is 2. The van der Waals surface area contributed by atoms with Crippen LogP contribution in [0, 0.1) is 5.82 Å². The van der Waals surface area contributed by atoms with Gasteiger partial charge in [-0.3, -0.25) is 14.9 Å². The number of halogens is 2. The molecule has 0 aliphatic carbocycles. The first-order valence-electron chi connectivity index (χ1n) is 7.51. The summed E-state index contributed by atoms with van der Waals surface area (Å²) >= 11 is 5.79. The molecule has 0 saturated heterocycles. The number of carbonyl (C=O) groups excluding carboxylic acids is 2. The molecule has 0 atom stereocenters. The number of nitrogens with one attached hydrogen (secondary N) is 2. The van der Waals surface area contributed by atoms with Crippen LogP contribution in [0.5, 0.6) is 0 Å². The molecule has 0 aliphatic rings. The van der Waals surface area contributed by atoms with Gasteiger partial charge in [0.15, 0.2) is 0 Å². The molecule has 0 radical (unpaired) electrons. The van der Waals surface area contributed by atoms with Gasteiger partial charge in [-0.15, -0.1) is 5.10 Å². The van der Waals surface area contributed by atoms with Crippen LogP contribution < -0.4 is 10.6 Å². The second-order valence-electron chi connectivity index (χ2n) is 5.28. The highest BCUT2D eigenvalue weighted by Gasteiger charge is 2.11. The van der Waals surface area contributed by atoms with Crippen molar-refractivity contribution < 1.29 is 14.0 Å². The average molecular weight is 374 g/mol. The molecule has 0 saturated carbocycles. The maximum atomic E-state index is 12.9. The minimum absolute atomic E-state index is 0.0404. The molecule has 7 nitrogen and oxygen atoms in total. The third-order valence-corrected chi connectivity index (χ3v) is 3.55. The predicted octanol–water partition coefficient (Wildman–Crippen LogP) is 2.96. The molecular weight excluding hydrogens is 361 g/mol.